The van der Waals surface area contributed by atoms with Gasteiger partial charge < -0.3 is 24.1 Å². The van der Waals surface area contributed by atoms with E-state index in [0.29, 0.717) is 40.5 Å². The number of esters is 3. The second kappa shape index (κ2) is 13.7. The van der Waals surface area contributed by atoms with Gasteiger partial charge in [0.15, 0.2) is 0 Å². The summed E-state index contributed by atoms with van der Waals surface area (Å²) in [6.45, 7) is 8.88. The van der Waals surface area contributed by atoms with Crippen molar-refractivity contribution in [1.82, 2.24) is 0 Å². The molecule has 0 aliphatic heterocycles. The Hall–Kier alpha value is -5.73. The van der Waals surface area contributed by atoms with Gasteiger partial charge in [0.05, 0.1) is 11.1 Å². The van der Waals surface area contributed by atoms with E-state index in [0.717, 1.165) is 39.6 Å². The molecule has 8 heteroatoms. The standard InChI is InChI=1S/C37H30O8/c1-4-7-27-22-32(44-36(40)28-10-8-25-20-30(42-34(38)5-2)14-12-23(25)18-28)16-17-33(27)45-37(41)29-11-9-26-21-31(43-35(39)6-3)15-13-24(26)19-29/h5-6,8-22,34,38H,2-4,7H2,1H3. The molecular weight excluding hydrogens is 572 g/mol. The summed E-state index contributed by atoms with van der Waals surface area (Å²) in [6.07, 6.45) is 2.62. The first-order valence-corrected chi connectivity index (χ1v) is 14.2. The minimum absolute atomic E-state index is 0.323. The first kappa shape index (κ1) is 30.7. The van der Waals surface area contributed by atoms with E-state index in [1.807, 2.05) is 6.92 Å². The Kier molecular flexibility index (Phi) is 9.36. The minimum atomic E-state index is -1.12. The van der Waals surface area contributed by atoms with Crippen LogP contribution in [0.25, 0.3) is 21.5 Å². The van der Waals surface area contributed by atoms with Crippen LogP contribution in [-0.2, 0) is 11.2 Å². The Bertz CT molecular complexity index is 1940. The number of aliphatic hydroxyl groups is 1. The van der Waals surface area contributed by atoms with Gasteiger partial charge in [-0.05, 0) is 106 Å². The van der Waals surface area contributed by atoms with Gasteiger partial charge in [-0.1, -0.05) is 50.8 Å². The summed E-state index contributed by atoms with van der Waals surface area (Å²) < 4.78 is 22.0. The van der Waals surface area contributed by atoms with Crippen LogP contribution in [-0.4, -0.2) is 29.3 Å². The van der Waals surface area contributed by atoms with Crippen LogP contribution < -0.4 is 18.9 Å². The Labute approximate surface area is 259 Å². The second-order valence-corrected chi connectivity index (χ2v) is 10.1. The van der Waals surface area contributed by atoms with Crippen molar-refractivity contribution < 1.29 is 38.4 Å². The fourth-order valence-electron chi connectivity index (χ4n) is 4.69. The summed E-state index contributed by atoms with van der Waals surface area (Å²) in [5.41, 5.74) is 1.43. The SMILES string of the molecule is C=CC(=O)Oc1ccc2cc(C(=O)Oc3ccc(OC(=O)c4ccc5cc(OC(O)C=C)ccc5c4)cc3CCC)ccc2c1. The highest BCUT2D eigenvalue weighted by Crippen LogP contribution is 2.29. The van der Waals surface area contributed by atoms with Crippen molar-refractivity contribution in [3.8, 4) is 23.0 Å². The molecule has 1 N–H and O–H groups in total. The molecule has 5 aromatic carbocycles. The molecule has 0 fully saturated rings. The van der Waals surface area contributed by atoms with Crippen molar-refractivity contribution >= 4 is 39.5 Å². The maximum Gasteiger partial charge on any atom is 0.343 e. The first-order chi connectivity index (χ1) is 21.8. The van der Waals surface area contributed by atoms with Gasteiger partial charge in [0.25, 0.3) is 0 Å². The summed E-state index contributed by atoms with van der Waals surface area (Å²) in [5.74, 6) is -0.0897. The van der Waals surface area contributed by atoms with Crippen molar-refractivity contribution in [2.24, 2.45) is 0 Å². The fourth-order valence-corrected chi connectivity index (χ4v) is 4.69. The van der Waals surface area contributed by atoms with Gasteiger partial charge in [0.1, 0.15) is 23.0 Å². The Morgan fingerprint density at radius 3 is 1.84 bits per heavy atom. The summed E-state index contributed by atoms with van der Waals surface area (Å²) in [4.78, 5) is 37.6. The zero-order chi connectivity index (χ0) is 31.9. The number of hydrogen-bond acceptors (Lipinski definition) is 8. The molecule has 0 spiro atoms. The number of carbonyl (C=O) groups is 3. The zero-order valence-corrected chi connectivity index (χ0v) is 24.5. The predicted molar refractivity (Wildman–Crippen MR) is 171 cm³/mol. The van der Waals surface area contributed by atoms with Gasteiger partial charge in [-0.15, -0.1) is 0 Å². The van der Waals surface area contributed by atoms with Crippen LogP contribution in [0.15, 0.2) is 116 Å². The number of benzene rings is 5. The van der Waals surface area contributed by atoms with Crippen molar-refractivity contribution in [3.05, 3.63) is 133 Å². The Morgan fingerprint density at radius 2 is 1.22 bits per heavy atom. The maximum atomic E-state index is 13.1. The molecule has 0 saturated carbocycles. The monoisotopic (exact) mass is 602 g/mol. The van der Waals surface area contributed by atoms with Crippen LogP contribution in [0.1, 0.15) is 39.6 Å². The number of aliphatic hydroxyl groups excluding tert-OH is 1. The lowest BCUT2D eigenvalue weighted by Gasteiger charge is -2.13. The molecule has 0 saturated heterocycles. The van der Waals surface area contributed by atoms with Crippen LogP contribution in [0.2, 0.25) is 0 Å². The lowest BCUT2D eigenvalue weighted by atomic mass is 10.1. The first-order valence-electron chi connectivity index (χ1n) is 14.2. The zero-order valence-electron chi connectivity index (χ0n) is 24.5. The third-order valence-corrected chi connectivity index (χ3v) is 6.90. The number of rotatable bonds is 11. The number of hydrogen-bond donors (Lipinski definition) is 1. The van der Waals surface area contributed by atoms with E-state index in [1.165, 1.54) is 6.08 Å². The molecule has 1 unspecified atom stereocenters. The number of ether oxygens (including phenoxy) is 4. The highest BCUT2D eigenvalue weighted by molar-refractivity contribution is 5.98. The molecule has 8 nitrogen and oxygen atoms in total. The predicted octanol–water partition coefficient (Wildman–Crippen LogP) is 7.36. The van der Waals surface area contributed by atoms with E-state index in [9.17, 15) is 19.5 Å². The molecular formula is C37H30O8. The van der Waals surface area contributed by atoms with Crippen LogP contribution in [0, 0.1) is 0 Å². The van der Waals surface area contributed by atoms with Crippen LogP contribution >= 0.6 is 0 Å². The summed E-state index contributed by atoms with van der Waals surface area (Å²) >= 11 is 0. The minimum Gasteiger partial charge on any atom is -0.461 e. The second-order valence-electron chi connectivity index (χ2n) is 10.1. The molecule has 0 heterocycles. The Balaban J connectivity index is 1.29. The molecule has 0 aliphatic rings. The molecule has 5 aromatic rings. The van der Waals surface area contributed by atoms with Crippen LogP contribution in [0.4, 0.5) is 0 Å². The highest BCUT2D eigenvalue weighted by Gasteiger charge is 2.16. The normalized spacial score (nSPS) is 11.4. The lowest BCUT2D eigenvalue weighted by Crippen LogP contribution is -2.11. The largest absolute Gasteiger partial charge is 0.461 e. The van der Waals surface area contributed by atoms with E-state index in [-0.39, 0.29) is 0 Å². The van der Waals surface area contributed by atoms with Gasteiger partial charge in [-0.25, -0.2) is 14.4 Å². The van der Waals surface area contributed by atoms with Gasteiger partial charge in [0, 0.05) is 6.08 Å². The molecule has 5 rings (SSSR count). The van der Waals surface area contributed by atoms with Gasteiger partial charge in [-0.3, -0.25) is 0 Å². The number of aryl methyl sites for hydroxylation is 1. The van der Waals surface area contributed by atoms with Crippen LogP contribution in [0.3, 0.4) is 0 Å². The van der Waals surface area contributed by atoms with Gasteiger partial charge in [0.2, 0.25) is 6.29 Å². The molecule has 45 heavy (non-hydrogen) atoms. The van der Waals surface area contributed by atoms with Crippen molar-refractivity contribution in [2.75, 3.05) is 0 Å². The lowest BCUT2D eigenvalue weighted by molar-refractivity contribution is -0.128. The van der Waals surface area contributed by atoms with Gasteiger partial charge >= 0.3 is 17.9 Å². The topological polar surface area (TPSA) is 108 Å². The van der Waals surface area contributed by atoms with Crippen molar-refractivity contribution in [3.63, 3.8) is 0 Å². The van der Waals surface area contributed by atoms with E-state index in [4.69, 9.17) is 18.9 Å². The van der Waals surface area contributed by atoms with E-state index < -0.39 is 24.2 Å². The fraction of sp³-hybridized carbons (Fsp3) is 0.108. The van der Waals surface area contributed by atoms with Crippen molar-refractivity contribution in [1.29, 1.82) is 0 Å². The summed E-state index contributed by atoms with van der Waals surface area (Å²) in [6, 6.07) is 25.5. The third-order valence-electron chi connectivity index (χ3n) is 6.90. The Morgan fingerprint density at radius 1 is 0.689 bits per heavy atom. The number of carbonyl (C=O) groups excluding carboxylic acids is 3. The molecule has 0 bridgehead atoms. The summed E-state index contributed by atoms with van der Waals surface area (Å²) in [5, 5.41) is 12.8. The molecule has 226 valence electrons. The molecule has 0 radical (unpaired) electrons. The molecule has 0 aromatic heterocycles. The average molecular weight is 603 g/mol. The highest BCUT2D eigenvalue weighted by atomic mass is 16.6. The van der Waals surface area contributed by atoms with Crippen molar-refractivity contribution in [2.45, 2.75) is 26.1 Å². The van der Waals surface area contributed by atoms with Gasteiger partial charge in [-0.2, -0.15) is 0 Å². The smallest absolute Gasteiger partial charge is 0.343 e. The quantitative estimate of drug-likeness (QED) is 0.0549. The third kappa shape index (κ3) is 7.44. The number of fused-ring (bicyclic) bond motifs is 2. The van der Waals surface area contributed by atoms with E-state index in [1.54, 1.807) is 91.0 Å². The van der Waals surface area contributed by atoms with E-state index in [2.05, 4.69) is 13.2 Å². The van der Waals surface area contributed by atoms with Crippen LogP contribution in [0.5, 0.6) is 23.0 Å². The molecule has 0 aliphatic carbocycles. The molecule has 0 amide bonds. The maximum absolute atomic E-state index is 13.1. The van der Waals surface area contributed by atoms with E-state index >= 15 is 0 Å². The molecule has 1 atom stereocenters. The summed E-state index contributed by atoms with van der Waals surface area (Å²) in [7, 11) is 0. The average Bonchev–Trinajstić information content (AvgIpc) is 3.05.